The highest BCUT2D eigenvalue weighted by Crippen LogP contribution is 2.38. The van der Waals surface area contributed by atoms with Gasteiger partial charge in [0.1, 0.15) is 0 Å². The molecule has 95 heavy (non-hydrogen) atoms. The maximum atomic E-state index is 11.5. The van der Waals surface area contributed by atoms with Crippen LogP contribution in [0.25, 0.3) is 88.1 Å². The van der Waals surface area contributed by atoms with E-state index in [0.29, 0.717) is 44.4 Å². The van der Waals surface area contributed by atoms with Gasteiger partial charge in [0.25, 0.3) is 0 Å². The number of rotatable bonds is 26. The maximum Gasteiger partial charge on any atom is 0.308 e. The van der Waals surface area contributed by atoms with Gasteiger partial charge in [0.2, 0.25) is 0 Å². The van der Waals surface area contributed by atoms with Crippen molar-refractivity contribution in [1.82, 2.24) is 9.13 Å². The van der Waals surface area contributed by atoms with Crippen LogP contribution in [0.3, 0.4) is 0 Å². The second kappa shape index (κ2) is 36.2. The van der Waals surface area contributed by atoms with Crippen LogP contribution in [0.15, 0.2) is 218 Å². The molecule has 10 nitrogen and oxygen atoms in total. The zero-order valence-corrected chi connectivity index (χ0v) is 56.9. The Labute approximate surface area is 562 Å². The molecule has 11 aromatic rings. The number of carboxylic acids is 2. The van der Waals surface area contributed by atoms with E-state index in [-0.39, 0.29) is 30.2 Å². The van der Waals surface area contributed by atoms with Gasteiger partial charge in [0.05, 0.1) is 25.0 Å². The van der Waals surface area contributed by atoms with Crippen LogP contribution in [0, 0.1) is 11.8 Å². The number of carboxylic acid groups (broad SMARTS) is 2. The first-order valence-electron chi connectivity index (χ1n) is 34.3. The van der Waals surface area contributed by atoms with E-state index in [1.807, 2.05) is 20.8 Å². The largest absolute Gasteiger partial charge is 0.481 e. The first-order valence-corrected chi connectivity index (χ1v) is 34.3. The molecule has 2 aromatic heterocycles. The van der Waals surface area contributed by atoms with Gasteiger partial charge in [0.15, 0.2) is 0 Å². The Bertz CT molecular complexity index is 4010. The lowest BCUT2D eigenvalue weighted by Crippen LogP contribution is -2.14. The highest BCUT2D eigenvalue weighted by atomic mass is 16.5. The summed E-state index contributed by atoms with van der Waals surface area (Å²) in [5.74, 6) is -1.54. The van der Waals surface area contributed by atoms with E-state index in [1.165, 1.54) is 99.2 Å². The van der Waals surface area contributed by atoms with E-state index in [9.17, 15) is 19.2 Å². The summed E-state index contributed by atoms with van der Waals surface area (Å²) in [6, 6.07) is 80.3. The van der Waals surface area contributed by atoms with Crippen molar-refractivity contribution in [2.75, 3.05) is 13.2 Å². The molecule has 0 saturated carbocycles. The van der Waals surface area contributed by atoms with Gasteiger partial charge in [-0.15, -0.1) is 0 Å². The van der Waals surface area contributed by atoms with Gasteiger partial charge >= 0.3 is 23.9 Å². The fourth-order valence-electron chi connectivity index (χ4n) is 11.6. The van der Waals surface area contributed by atoms with Gasteiger partial charge in [-0.2, -0.15) is 0 Å². The fraction of sp³-hybridized carbons (Fsp3) is 0.318. The van der Waals surface area contributed by atoms with E-state index in [4.69, 9.17) is 19.7 Å². The standard InChI is InChI=1S/C47H39N.C17H30O6.C16H17N.C5H10O2/c1-3-33(2)35-16-14-34(15-17-35)32-48-46-28-26-42(40-22-18-38(19-23-40)36-10-6-4-7-11-36)30-44(46)45-31-43(27-29-47(45)48)41-24-20-39(21-25-41)37-12-8-5-9-13-37;1-3-14(2)17(21)23-13-9-5-7-11-16(20)22-12-8-4-6-10-15(18)19;1-3-12(2)17-15-10-6-4-8-13(15)14-9-5-7-11-16(14)17;1-3-4(2)5(6)7/h4-31,33H,3,32H2,1-2H3;14H,3-13H2,1-2H3,(H,18,19);4-12H,3H2,1-2H3;4H,3H2,1-2H3,(H,6,7). The van der Waals surface area contributed by atoms with E-state index < -0.39 is 11.9 Å². The van der Waals surface area contributed by atoms with Crippen LogP contribution in [0.1, 0.15) is 156 Å². The molecule has 0 aliphatic carbocycles. The molecule has 0 aliphatic rings. The molecule has 0 fully saturated rings. The Kier molecular flexibility index (Phi) is 27.2. The van der Waals surface area contributed by atoms with Gasteiger partial charge in [0, 0.05) is 69.0 Å². The molecule has 2 heterocycles. The lowest BCUT2D eigenvalue weighted by atomic mass is 9.97. The lowest BCUT2D eigenvalue weighted by molar-refractivity contribution is -0.148. The molecule has 4 unspecified atom stereocenters. The number of aliphatic carboxylic acids is 2. The average molecular weight is 1270 g/mol. The Morgan fingerprint density at radius 3 is 1.24 bits per heavy atom. The number of para-hydroxylation sites is 2. The van der Waals surface area contributed by atoms with Crippen molar-refractivity contribution in [3.8, 4) is 44.5 Å². The van der Waals surface area contributed by atoms with Gasteiger partial charge in [-0.05, 0) is 169 Å². The zero-order valence-electron chi connectivity index (χ0n) is 56.9. The number of fused-ring (bicyclic) bond motifs is 6. The molecule has 0 aliphatic heterocycles. The second-order valence-electron chi connectivity index (χ2n) is 25.0. The van der Waals surface area contributed by atoms with Crippen molar-refractivity contribution >= 4 is 67.5 Å². The summed E-state index contributed by atoms with van der Waals surface area (Å²) in [6.07, 6.45) is 8.70. The van der Waals surface area contributed by atoms with Crippen molar-refractivity contribution in [1.29, 1.82) is 0 Å². The van der Waals surface area contributed by atoms with Crippen molar-refractivity contribution in [2.45, 2.75) is 151 Å². The van der Waals surface area contributed by atoms with Crippen LogP contribution in [0.5, 0.6) is 0 Å². The second-order valence-corrected chi connectivity index (χ2v) is 25.0. The third-order valence-corrected chi connectivity index (χ3v) is 18.3. The van der Waals surface area contributed by atoms with Crippen molar-refractivity contribution < 1.29 is 38.9 Å². The molecule has 10 heteroatoms. The Hall–Kier alpha value is -9.54. The first kappa shape index (κ1) is 71.3. The quantitative estimate of drug-likeness (QED) is 0.0404. The van der Waals surface area contributed by atoms with Gasteiger partial charge in [-0.1, -0.05) is 230 Å². The average Bonchev–Trinajstić information content (AvgIpc) is 1.62. The van der Waals surface area contributed by atoms with Crippen LogP contribution < -0.4 is 0 Å². The topological polar surface area (TPSA) is 137 Å². The highest BCUT2D eigenvalue weighted by molar-refractivity contribution is 6.11. The number of hydrogen-bond donors (Lipinski definition) is 2. The molecular formula is C85H96N2O8. The smallest absolute Gasteiger partial charge is 0.308 e. The number of aromatic nitrogens is 2. The molecule has 2 N–H and O–H groups in total. The summed E-state index contributed by atoms with van der Waals surface area (Å²) >= 11 is 0. The Morgan fingerprint density at radius 1 is 0.389 bits per heavy atom. The minimum absolute atomic E-state index is 0.0551. The summed E-state index contributed by atoms with van der Waals surface area (Å²) in [5, 5.41) is 22.0. The summed E-state index contributed by atoms with van der Waals surface area (Å²) in [5.41, 5.74) is 17.8. The van der Waals surface area contributed by atoms with Crippen LogP contribution in [0.2, 0.25) is 0 Å². The SMILES string of the molecule is CCC(C)C(=O)O.CCC(C)C(=O)OCCCCCC(=O)OCCCCCC(=O)O.CCC(C)c1ccc(Cn2c3ccc(-c4ccc(-c5ccccc5)cc4)cc3c3cc(-c4ccc(-c5ccccc5)cc4)ccc32)cc1.CCC(C)n1c2ccccc2c2ccccc21. The predicted molar refractivity (Wildman–Crippen MR) is 393 cm³/mol. The van der Waals surface area contributed by atoms with Crippen molar-refractivity contribution in [3.63, 3.8) is 0 Å². The first-order chi connectivity index (χ1) is 46.1. The van der Waals surface area contributed by atoms with Crippen LogP contribution in [-0.2, 0) is 35.2 Å². The number of benzene rings is 9. The van der Waals surface area contributed by atoms with Crippen molar-refractivity contribution in [2.24, 2.45) is 11.8 Å². The Balaban J connectivity index is 0.000000203. The number of carbonyl (C=O) groups is 4. The number of unbranched alkanes of at least 4 members (excludes halogenated alkanes) is 4. The highest BCUT2D eigenvalue weighted by Gasteiger charge is 2.17. The normalized spacial score (nSPS) is 12.3. The molecule has 9 aromatic carbocycles. The van der Waals surface area contributed by atoms with E-state index in [1.54, 1.807) is 6.92 Å². The van der Waals surface area contributed by atoms with Crippen LogP contribution >= 0.6 is 0 Å². The summed E-state index contributed by atoms with van der Waals surface area (Å²) in [7, 11) is 0. The van der Waals surface area contributed by atoms with Crippen LogP contribution in [0.4, 0.5) is 0 Å². The summed E-state index contributed by atoms with van der Waals surface area (Å²) in [4.78, 5) is 43.1. The van der Waals surface area contributed by atoms with E-state index >= 15 is 0 Å². The molecular weight excluding hydrogens is 1180 g/mol. The van der Waals surface area contributed by atoms with Crippen molar-refractivity contribution in [3.05, 3.63) is 230 Å². The van der Waals surface area contributed by atoms with Gasteiger partial charge in [-0.3, -0.25) is 19.2 Å². The van der Waals surface area contributed by atoms with Gasteiger partial charge < -0.3 is 28.8 Å². The molecule has 0 saturated heterocycles. The van der Waals surface area contributed by atoms with E-state index in [0.717, 1.165) is 57.9 Å². The minimum atomic E-state index is -0.795. The molecule has 0 amide bonds. The third kappa shape index (κ3) is 19.8. The molecule has 0 radical (unpaired) electrons. The molecule has 0 bridgehead atoms. The molecule has 0 spiro atoms. The summed E-state index contributed by atoms with van der Waals surface area (Å²) < 4.78 is 15.1. The predicted octanol–water partition coefficient (Wildman–Crippen LogP) is 22.2. The lowest BCUT2D eigenvalue weighted by Gasteiger charge is -2.14. The Morgan fingerprint density at radius 2 is 0.811 bits per heavy atom. The number of carbonyl (C=O) groups excluding carboxylic acids is 2. The van der Waals surface area contributed by atoms with Crippen LogP contribution in [-0.4, -0.2) is 56.4 Å². The zero-order chi connectivity index (χ0) is 67.6. The van der Waals surface area contributed by atoms with E-state index in [2.05, 4.69) is 255 Å². The fourth-order valence-corrected chi connectivity index (χ4v) is 11.6. The number of nitrogens with zero attached hydrogens (tertiary/aromatic N) is 2. The maximum absolute atomic E-state index is 11.5. The molecule has 4 atom stereocenters. The summed E-state index contributed by atoms with van der Waals surface area (Å²) in [6.45, 7) is 18.0. The molecule has 494 valence electrons. The van der Waals surface area contributed by atoms with Gasteiger partial charge in [-0.25, -0.2) is 0 Å². The number of esters is 2. The number of ether oxygens (including phenoxy) is 2. The minimum Gasteiger partial charge on any atom is -0.481 e. The monoisotopic (exact) mass is 1270 g/mol. The molecule has 11 rings (SSSR count). The third-order valence-electron chi connectivity index (χ3n) is 18.3. The number of hydrogen-bond acceptors (Lipinski definition) is 6.